The monoisotopic (exact) mass is 385 g/mol. The molecule has 26 heavy (non-hydrogen) atoms. The first-order chi connectivity index (χ1) is 12.3. The van der Waals surface area contributed by atoms with Gasteiger partial charge in [0.15, 0.2) is 5.82 Å². The van der Waals surface area contributed by atoms with Gasteiger partial charge in [-0.1, -0.05) is 24.1 Å². The van der Waals surface area contributed by atoms with E-state index < -0.39 is 17.3 Å². The maximum absolute atomic E-state index is 12.8. The summed E-state index contributed by atoms with van der Waals surface area (Å²) < 4.78 is 43.3. The Morgan fingerprint density at radius 2 is 2.08 bits per heavy atom. The van der Waals surface area contributed by atoms with Crippen LogP contribution in [0.4, 0.5) is 13.2 Å². The van der Waals surface area contributed by atoms with E-state index in [1.54, 1.807) is 13.0 Å². The van der Waals surface area contributed by atoms with Gasteiger partial charge in [0.1, 0.15) is 5.54 Å². The molecule has 0 saturated heterocycles. The molecule has 0 bridgehead atoms. The van der Waals surface area contributed by atoms with E-state index in [1.165, 1.54) is 6.07 Å². The lowest BCUT2D eigenvalue weighted by atomic mass is 9.96. The van der Waals surface area contributed by atoms with E-state index in [2.05, 4.69) is 15.5 Å². The first kappa shape index (κ1) is 18.8. The zero-order valence-corrected chi connectivity index (χ0v) is 14.9. The van der Waals surface area contributed by atoms with Crippen LogP contribution >= 0.6 is 11.8 Å². The van der Waals surface area contributed by atoms with Gasteiger partial charge in [-0.3, -0.25) is 4.79 Å². The maximum Gasteiger partial charge on any atom is 0.416 e. The minimum absolute atomic E-state index is 0.0138. The van der Waals surface area contributed by atoms with Gasteiger partial charge < -0.3 is 9.84 Å². The third-order valence-electron chi connectivity index (χ3n) is 4.32. The van der Waals surface area contributed by atoms with Crippen molar-refractivity contribution in [2.75, 3.05) is 5.75 Å². The number of alkyl halides is 3. The highest BCUT2D eigenvalue weighted by molar-refractivity contribution is 8.00. The van der Waals surface area contributed by atoms with Crippen LogP contribution in [0.5, 0.6) is 0 Å². The van der Waals surface area contributed by atoms with Crippen molar-refractivity contribution in [1.82, 2.24) is 15.5 Å². The highest BCUT2D eigenvalue weighted by atomic mass is 32.2. The molecule has 2 aromatic rings. The van der Waals surface area contributed by atoms with Crippen LogP contribution in [0.1, 0.15) is 43.0 Å². The summed E-state index contributed by atoms with van der Waals surface area (Å²) in [7, 11) is 0. The number of carbonyl (C=O) groups is 1. The molecule has 1 N–H and O–H groups in total. The van der Waals surface area contributed by atoms with Crippen LogP contribution in [-0.4, -0.2) is 21.8 Å². The van der Waals surface area contributed by atoms with Crippen molar-refractivity contribution in [3.8, 4) is 0 Å². The molecule has 9 heteroatoms. The van der Waals surface area contributed by atoms with Crippen LogP contribution in [0, 0.1) is 6.92 Å². The first-order valence-corrected chi connectivity index (χ1v) is 9.19. The van der Waals surface area contributed by atoms with Crippen molar-refractivity contribution in [2.45, 2.75) is 49.2 Å². The smallest absolute Gasteiger partial charge is 0.342 e. The molecule has 1 heterocycles. The van der Waals surface area contributed by atoms with E-state index in [0.29, 0.717) is 29.5 Å². The van der Waals surface area contributed by atoms with E-state index >= 15 is 0 Å². The second-order valence-corrected chi connectivity index (χ2v) is 7.34. The van der Waals surface area contributed by atoms with Crippen LogP contribution in [0.3, 0.4) is 0 Å². The fraction of sp³-hybridized carbons (Fsp3) is 0.471. The Bertz CT molecular complexity index is 786. The summed E-state index contributed by atoms with van der Waals surface area (Å²) in [5.41, 5.74) is -1.37. The van der Waals surface area contributed by atoms with Crippen molar-refractivity contribution < 1.29 is 22.5 Å². The van der Waals surface area contributed by atoms with Crippen LogP contribution in [0.2, 0.25) is 0 Å². The van der Waals surface area contributed by atoms with Gasteiger partial charge in [-0.2, -0.15) is 18.2 Å². The van der Waals surface area contributed by atoms with Crippen molar-refractivity contribution in [3.05, 3.63) is 41.5 Å². The highest BCUT2D eigenvalue weighted by Crippen LogP contribution is 2.37. The van der Waals surface area contributed by atoms with E-state index in [0.717, 1.165) is 36.7 Å². The molecule has 140 valence electrons. The van der Waals surface area contributed by atoms with Gasteiger partial charge in [0, 0.05) is 11.8 Å². The second kappa shape index (κ2) is 7.30. The van der Waals surface area contributed by atoms with Crippen molar-refractivity contribution in [2.24, 2.45) is 0 Å². The summed E-state index contributed by atoms with van der Waals surface area (Å²) in [6.07, 6.45) is -1.09. The van der Waals surface area contributed by atoms with Crippen molar-refractivity contribution in [1.29, 1.82) is 0 Å². The molecule has 1 amide bonds. The SMILES string of the molecule is Cc1nc(C2(NC(=O)CSc3cccc(C(F)(F)F)c3)CCCC2)no1. The molecular weight excluding hydrogens is 367 g/mol. The van der Waals surface area contributed by atoms with Crippen LogP contribution in [0.15, 0.2) is 33.7 Å². The topological polar surface area (TPSA) is 68.0 Å². The maximum atomic E-state index is 12.8. The summed E-state index contributed by atoms with van der Waals surface area (Å²) in [4.78, 5) is 17.0. The van der Waals surface area contributed by atoms with Gasteiger partial charge in [-0.05, 0) is 31.0 Å². The molecule has 1 fully saturated rings. The van der Waals surface area contributed by atoms with Crippen molar-refractivity contribution >= 4 is 17.7 Å². The number of benzene rings is 1. The van der Waals surface area contributed by atoms with Gasteiger partial charge >= 0.3 is 6.18 Å². The normalized spacial score (nSPS) is 16.6. The molecular formula is C17H18F3N3O2S. The van der Waals surface area contributed by atoms with Crippen LogP contribution in [0.25, 0.3) is 0 Å². The molecule has 1 aliphatic rings. The first-order valence-electron chi connectivity index (χ1n) is 8.20. The third kappa shape index (κ3) is 4.20. The van der Waals surface area contributed by atoms with Gasteiger partial charge in [-0.25, -0.2) is 0 Å². The number of hydrogen-bond acceptors (Lipinski definition) is 5. The number of aromatic nitrogens is 2. The number of aryl methyl sites for hydroxylation is 1. The van der Waals surface area contributed by atoms with Crippen LogP contribution in [-0.2, 0) is 16.5 Å². The number of nitrogens with one attached hydrogen (secondary N) is 1. The number of rotatable bonds is 5. The summed E-state index contributed by atoms with van der Waals surface area (Å²) in [6, 6.07) is 4.95. The molecule has 0 atom stereocenters. The molecule has 1 aliphatic carbocycles. The molecule has 1 saturated carbocycles. The zero-order valence-electron chi connectivity index (χ0n) is 14.1. The Labute approximate surface area is 152 Å². The summed E-state index contributed by atoms with van der Waals surface area (Å²) >= 11 is 1.06. The van der Waals surface area contributed by atoms with E-state index in [-0.39, 0.29) is 11.7 Å². The molecule has 3 rings (SSSR count). The largest absolute Gasteiger partial charge is 0.416 e. The zero-order chi connectivity index (χ0) is 18.8. The average Bonchev–Trinajstić information content (AvgIpc) is 3.22. The van der Waals surface area contributed by atoms with E-state index in [9.17, 15) is 18.0 Å². The van der Waals surface area contributed by atoms with E-state index in [4.69, 9.17) is 4.52 Å². The quantitative estimate of drug-likeness (QED) is 0.786. The molecule has 1 aromatic heterocycles. The van der Waals surface area contributed by atoms with Crippen LogP contribution < -0.4 is 5.32 Å². The van der Waals surface area contributed by atoms with Gasteiger partial charge in [0.25, 0.3) is 0 Å². The van der Waals surface area contributed by atoms with Crippen molar-refractivity contribution in [3.63, 3.8) is 0 Å². The standard InChI is InChI=1S/C17H18F3N3O2S/c1-11-21-15(23-25-11)16(7-2-3-8-16)22-14(24)10-26-13-6-4-5-12(9-13)17(18,19)20/h4-6,9H,2-3,7-8,10H2,1H3,(H,22,24). The predicted molar refractivity (Wildman–Crippen MR) is 89.5 cm³/mol. The number of thioether (sulfide) groups is 1. The Kier molecular flexibility index (Phi) is 5.27. The summed E-state index contributed by atoms with van der Waals surface area (Å²) in [5.74, 6) is 0.639. The number of nitrogens with zero attached hydrogens (tertiary/aromatic N) is 2. The molecule has 0 unspecified atom stereocenters. The highest BCUT2D eigenvalue weighted by Gasteiger charge is 2.41. The average molecular weight is 385 g/mol. The molecule has 0 aliphatic heterocycles. The summed E-state index contributed by atoms with van der Waals surface area (Å²) in [5, 5.41) is 6.92. The molecule has 1 aromatic carbocycles. The Morgan fingerprint density at radius 3 is 2.69 bits per heavy atom. The minimum Gasteiger partial charge on any atom is -0.342 e. The molecule has 0 spiro atoms. The lowest BCUT2D eigenvalue weighted by Gasteiger charge is -2.26. The lowest BCUT2D eigenvalue weighted by Crippen LogP contribution is -2.45. The summed E-state index contributed by atoms with van der Waals surface area (Å²) in [6.45, 7) is 1.68. The minimum atomic E-state index is -4.40. The number of halogens is 3. The van der Waals surface area contributed by atoms with Gasteiger partial charge in [-0.15, -0.1) is 11.8 Å². The number of hydrogen-bond donors (Lipinski definition) is 1. The van der Waals surface area contributed by atoms with Gasteiger partial charge in [0.05, 0.1) is 11.3 Å². The number of amides is 1. The Hall–Kier alpha value is -2.03. The molecule has 0 radical (unpaired) electrons. The molecule has 5 nitrogen and oxygen atoms in total. The lowest BCUT2D eigenvalue weighted by molar-refractivity contribution is -0.137. The fourth-order valence-corrected chi connectivity index (χ4v) is 3.85. The fourth-order valence-electron chi connectivity index (χ4n) is 3.09. The third-order valence-corrected chi connectivity index (χ3v) is 5.32. The second-order valence-electron chi connectivity index (χ2n) is 6.29. The number of carbonyl (C=O) groups excluding carboxylic acids is 1. The van der Waals surface area contributed by atoms with Gasteiger partial charge in [0.2, 0.25) is 11.8 Å². The Morgan fingerprint density at radius 1 is 1.35 bits per heavy atom. The predicted octanol–water partition coefficient (Wildman–Crippen LogP) is 4.07. The van der Waals surface area contributed by atoms with E-state index in [1.807, 2.05) is 0 Å². The Balaban J connectivity index is 1.65.